The van der Waals surface area contributed by atoms with Crippen LogP contribution in [0.1, 0.15) is 5.56 Å². The summed E-state index contributed by atoms with van der Waals surface area (Å²) < 4.78 is 0. The largest absolute Gasteiger partial charge is 0.386 e. The third-order valence-electron chi connectivity index (χ3n) is 1.50. The summed E-state index contributed by atoms with van der Waals surface area (Å²) in [6, 6.07) is 5.57. The maximum Gasteiger partial charge on any atom is 0.115 e. The summed E-state index contributed by atoms with van der Waals surface area (Å²) in [7, 11) is 0. The normalized spacial score (nSPS) is 11.8. The first kappa shape index (κ1) is 10.4. The molecule has 0 spiro atoms. The van der Waals surface area contributed by atoms with Crippen molar-refractivity contribution in [3.63, 3.8) is 0 Å². The Morgan fingerprint density at radius 3 is 2.77 bits per heavy atom. The molecule has 13 heavy (non-hydrogen) atoms. The predicted molar refractivity (Wildman–Crippen MR) is 58.2 cm³/mol. The second-order valence-corrected chi connectivity index (χ2v) is 3.37. The molecule has 1 aromatic rings. The van der Waals surface area contributed by atoms with Gasteiger partial charge in [0.2, 0.25) is 0 Å². The number of nitrogens with two attached hydrogens (primary N) is 1. The summed E-state index contributed by atoms with van der Waals surface area (Å²) in [5.74, 6) is 0.580. The number of aryl methyl sites for hydroxylation is 1. The zero-order valence-electron chi connectivity index (χ0n) is 7.22. The van der Waals surface area contributed by atoms with Crippen molar-refractivity contribution >= 4 is 34.7 Å². The van der Waals surface area contributed by atoms with Crippen molar-refractivity contribution in [2.45, 2.75) is 6.92 Å². The van der Waals surface area contributed by atoms with E-state index in [0.717, 1.165) is 5.56 Å². The average Bonchev–Trinajstić information content (AvgIpc) is 2.09. The van der Waals surface area contributed by atoms with E-state index in [1.54, 1.807) is 0 Å². The van der Waals surface area contributed by atoms with E-state index in [4.69, 9.17) is 28.9 Å². The maximum atomic E-state index is 5.92. The van der Waals surface area contributed by atoms with Crippen molar-refractivity contribution in [3.8, 4) is 0 Å². The molecule has 1 rings (SSSR count). The summed E-state index contributed by atoms with van der Waals surface area (Å²) in [5, 5.41) is 0.591. The molecule has 70 valence electrons. The van der Waals surface area contributed by atoms with Crippen LogP contribution in [-0.4, -0.2) is 11.7 Å². The summed E-state index contributed by atoms with van der Waals surface area (Å²) in [6.07, 6.45) is 0. The van der Waals surface area contributed by atoms with Crippen molar-refractivity contribution in [3.05, 3.63) is 28.8 Å². The molecular formula is C9H10Cl2N2. The van der Waals surface area contributed by atoms with Crippen molar-refractivity contribution in [2.24, 2.45) is 10.7 Å². The Hall–Kier alpha value is -0.730. The molecular weight excluding hydrogens is 207 g/mol. The number of halogens is 2. The van der Waals surface area contributed by atoms with Gasteiger partial charge in [-0.15, -0.1) is 11.6 Å². The molecule has 4 heteroatoms. The van der Waals surface area contributed by atoms with Crippen LogP contribution in [0.3, 0.4) is 0 Å². The standard InChI is InChI=1S/C9H10Cl2N2/c1-6-2-3-8(7(11)4-6)13-9(12)5-10/h2-4H,5H2,1H3,(H2,12,13). The molecule has 0 fully saturated rings. The number of benzene rings is 1. The van der Waals surface area contributed by atoms with Crippen LogP contribution in [0, 0.1) is 6.92 Å². The lowest BCUT2D eigenvalue weighted by molar-refractivity contribution is 1.41. The molecule has 0 atom stereocenters. The minimum Gasteiger partial charge on any atom is -0.386 e. The molecule has 0 amide bonds. The van der Waals surface area contributed by atoms with Gasteiger partial charge in [-0.05, 0) is 24.6 Å². The number of hydrogen-bond donors (Lipinski definition) is 1. The second-order valence-electron chi connectivity index (χ2n) is 2.69. The topological polar surface area (TPSA) is 38.4 Å². The molecule has 0 aromatic heterocycles. The van der Waals surface area contributed by atoms with E-state index >= 15 is 0 Å². The zero-order valence-corrected chi connectivity index (χ0v) is 8.73. The highest BCUT2D eigenvalue weighted by molar-refractivity contribution is 6.33. The van der Waals surface area contributed by atoms with E-state index in [1.165, 1.54) is 0 Å². The fourth-order valence-corrected chi connectivity index (χ4v) is 1.22. The van der Waals surface area contributed by atoms with Crippen molar-refractivity contribution < 1.29 is 0 Å². The van der Waals surface area contributed by atoms with Crippen LogP contribution in [0.15, 0.2) is 23.2 Å². The molecule has 1 aromatic carbocycles. The van der Waals surface area contributed by atoms with Gasteiger partial charge in [0.25, 0.3) is 0 Å². The van der Waals surface area contributed by atoms with Gasteiger partial charge in [-0.2, -0.15) is 0 Å². The quantitative estimate of drug-likeness (QED) is 0.461. The smallest absolute Gasteiger partial charge is 0.115 e. The van der Waals surface area contributed by atoms with E-state index < -0.39 is 0 Å². The number of alkyl halides is 1. The van der Waals surface area contributed by atoms with Crippen LogP contribution in [0.25, 0.3) is 0 Å². The van der Waals surface area contributed by atoms with Crippen LogP contribution in [-0.2, 0) is 0 Å². The Kier molecular flexibility index (Phi) is 3.58. The van der Waals surface area contributed by atoms with Crippen molar-refractivity contribution in [1.29, 1.82) is 0 Å². The first-order valence-electron chi connectivity index (χ1n) is 3.78. The summed E-state index contributed by atoms with van der Waals surface area (Å²) in [5.41, 5.74) is 7.22. The monoisotopic (exact) mass is 216 g/mol. The molecule has 2 nitrogen and oxygen atoms in total. The summed E-state index contributed by atoms with van der Waals surface area (Å²) in [6.45, 7) is 1.96. The van der Waals surface area contributed by atoms with E-state index in [9.17, 15) is 0 Å². The van der Waals surface area contributed by atoms with Crippen LogP contribution >= 0.6 is 23.2 Å². The SMILES string of the molecule is Cc1ccc(N=C(N)CCl)c(Cl)c1. The Morgan fingerprint density at radius 2 is 2.23 bits per heavy atom. The molecule has 0 radical (unpaired) electrons. The lowest BCUT2D eigenvalue weighted by Crippen LogP contribution is -2.12. The van der Waals surface area contributed by atoms with Gasteiger partial charge in [0.15, 0.2) is 0 Å². The summed E-state index contributed by atoms with van der Waals surface area (Å²) >= 11 is 11.4. The Bertz CT molecular complexity index is 334. The number of aliphatic imine (C=N–C) groups is 1. The lowest BCUT2D eigenvalue weighted by atomic mass is 10.2. The van der Waals surface area contributed by atoms with Gasteiger partial charge in [0.05, 0.1) is 16.6 Å². The van der Waals surface area contributed by atoms with E-state index in [0.29, 0.717) is 16.5 Å². The van der Waals surface area contributed by atoms with Crippen LogP contribution in [0.4, 0.5) is 5.69 Å². The second kappa shape index (κ2) is 4.49. The number of nitrogens with zero attached hydrogens (tertiary/aromatic N) is 1. The van der Waals surface area contributed by atoms with E-state index in [2.05, 4.69) is 4.99 Å². The van der Waals surface area contributed by atoms with E-state index in [-0.39, 0.29) is 5.88 Å². The van der Waals surface area contributed by atoms with Crippen LogP contribution < -0.4 is 5.73 Å². The third-order valence-corrected chi connectivity index (χ3v) is 2.08. The Balaban J connectivity index is 3.03. The van der Waals surface area contributed by atoms with E-state index in [1.807, 2.05) is 25.1 Å². The minimum atomic E-state index is 0.213. The van der Waals surface area contributed by atoms with Crippen molar-refractivity contribution in [2.75, 3.05) is 5.88 Å². The molecule has 0 heterocycles. The van der Waals surface area contributed by atoms with Gasteiger partial charge in [-0.3, -0.25) is 0 Å². The first-order chi connectivity index (χ1) is 6.13. The molecule has 0 aliphatic carbocycles. The van der Waals surface area contributed by atoms with Crippen LogP contribution in [0.2, 0.25) is 5.02 Å². The van der Waals surface area contributed by atoms with Gasteiger partial charge < -0.3 is 5.73 Å². The molecule has 2 N–H and O–H groups in total. The third kappa shape index (κ3) is 2.90. The first-order valence-corrected chi connectivity index (χ1v) is 4.70. The molecule has 0 unspecified atom stereocenters. The predicted octanol–water partition coefficient (Wildman–Crippen LogP) is 2.88. The molecule has 0 bridgehead atoms. The van der Waals surface area contributed by atoms with Gasteiger partial charge in [0, 0.05) is 0 Å². The van der Waals surface area contributed by atoms with Gasteiger partial charge in [-0.25, -0.2) is 4.99 Å². The fraction of sp³-hybridized carbons (Fsp3) is 0.222. The van der Waals surface area contributed by atoms with Crippen LogP contribution in [0.5, 0.6) is 0 Å². The number of amidine groups is 1. The van der Waals surface area contributed by atoms with Gasteiger partial charge in [0.1, 0.15) is 5.84 Å². The fourth-order valence-electron chi connectivity index (χ4n) is 0.887. The summed E-state index contributed by atoms with van der Waals surface area (Å²) in [4.78, 5) is 4.05. The highest BCUT2D eigenvalue weighted by Gasteiger charge is 1.98. The van der Waals surface area contributed by atoms with Crippen molar-refractivity contribution in [1.82, 2.24) is 0 Å². The lowest BCUT2D eigenvalue weighted by Gasteiger charge is -2.00. The molecule has 0 aliphatic heterocycles. The maximum absolute atomic E-state index is 5.92. The highest BCUT2D eigenvalue weighted by atomic mass is 35.5. The van der Waals surface area contributed by atoms with Gasteiger partial charge >= 0.3 is 0 Å². The zero-order chi connectivity index (χ0) is 9.84. The Labute approximate surface area is 87.4 Å². The number of rotatable bonds is 2. The highest BCUT2D eigenvalue weighted by Crippen LogP contribution is 2.25. The average molecular weight is 217 g/mol. The Morgan fingerprint density at radius 1 is 1.54 bits per heavy atom. The minimum absolute atomic E-state index is 0.213. The molecule has 0 aliphatic rings. The molecule has 0 saturated carbocycles. The molecule has 0 saturated heterocycles. The number of hydrogen-bond acceptors (Lipinski definition) is 1. The van der Waals surface area contributed by atoms with Gasteiger partial charge in [-0.1, -0.05) is 17.7 Å².